The molecule has 1 aromatic rings. The topological polar surface area (TPSA) is 15.3 Å². The molecule has 0 spiro atoms. The van der Waals surface area contributed by atoms with Crippen LogP contribution in [0.3, 0.4) is 0 Å². The van der Waals surface area contributed by atoms with Gasteiger partial charge in [-0.15, -0.1) is 0 Å². The zero-order valence-electron chi connectivity index (χ0n) is 10.9. The summed E-state index contributed by atoms with van der Waals surface area (Å²) < 4.78 is 27.0. The van der Waals surface area contributed by atoms with E-state index in [-0.39, 0.29) is 0 Å². The van der Waals surface area contributed by atoms with Gasteiger partial charge in [0, 0.05) is 25.2 Å². The number of hydrogen-bond acceptors (Lipinski definition) is 2. The number of benzene rings is 1. The number of nitrogens with one attached hydrogen (secondary N) is 1. The van der Waals surface area contributed by atoms with Crippen LogP contribution in [-0.4, -0.2) is 25.2 Å². The molecule has 1 N–H and O–H groups in total. The number of halogens is 2. The Bertz CT molecular complexity index is 407. The van der Waals surface area contributed by atoms with E-state index in [1.165, 1.54) is 0 Å². The van der Waals surface area contributed by atoms with Crippen LogP contribution in [0, 0.1) is 11.6 Å². The first-order chi connectivity index (χ1) is 8.58. The highest BCUT2D eigenvalue weighted by atomic mass is 19.2. The first kappa shape index (κ1) is 13.3. The molecular weight excluding hydrogens is 234 g/mol. The van der Waals surface area contributed by atoms with E-state index in [0.717, 1.165) is 32.0 Å². The fourth-order valence-electron chi connectivity index (χ4n) is 2.54. The summed E-state index contributed by atoms with van der Waals surface area (Å²) in [6.07, 6.45) is 2.09. The van der Waals surface area contributed by atoms with E-state index < -0.39 is 11.6 Å². The molecule has 100 valence electrons. The minimum Gasteiger partial charge on any atom is -0.368 e. The number of nitrogens with zero attached hydrogens (tertiary/aromatic N) is 1. The van der Waals surface area contributed by atoms with Gasteiger partial charge in [-0.05, 0) is 25.0 Å². The van der Waals surface area contributed by atoms with E-state index in [0.29, 0.717) is 17.8 Å². The predicted octanol–water partition coefficient (Wildman–Crippen LogP) is 2.93. The van der Waals surface area contributed by atoms with E-state index >= 15 is 0 Å². The van der Waals surface area contributed by atoms with Crippen molar-refractivity contribution in [1.82, 2.24) is 5.32 Å². The van der Waals surface area contributed by atoms with Crippen molar-refractivity contribution in [1.29, 1.82) is 0 Å². The van der Waals surface area contributed by atoms with Crippen molar-refractivity contribution in [3.05, 3.63) is 29.8 Å². The average Bonchev–Trinajstić information content (AvgIpc) is 2.32. The second-order valence-electron chi connectivity index (χ2n) is 5.18. The van der Waals surface area contributed by atoms with Crippen LogP contribution in [0.4, 0.5) is 14.5 Å². The monoisotopic (exact) mass is 254 g/mol. The Balaban J connectivity index is 2.11. The molecule has 1 aliphatic heterocycles. The van der Waals surface area contributed by atoms with E-state index in [2.05, 4.69) is 19.2 Å². The molecule has 1 fully saturated rings. The second kappa shape index (κ2) is 5.65. The van der Waals surface area contributed by atoms with Crippen LogP contribution < -0.4 is 10.2 Å². The third-order valence-corrected chi connectivity index (χ3v) is 3.26. The molecular formula is C14H20F2N2. The van der Waals surface area contributed by atoms with Gasteiger partial charge in [-0.1, -0.05) is 19.9 Å². The minimum atomic E-state index is -0.772. The molecule has 0 aromatic heterocycles. The molecule has 0 bridgehead atoms. The van der Waals surface area contributed by atoms with Crippen molar-refractivity contribution < 1.29 is 8.78 Å². The Morgan fingerprint density at radius 2 is 2.11 bits per heavy atom. The summed E-state index contributed by atoms with van der Waals surface area (Å²) in [5.74, 6) is -1.51. The highest BCUT2D eigenvalue weighted by molar-refractivity contribution is 5.48. The fourth-order valence-corrected chi connectivity index (χ4v) is 2.54. The van der Waals surface area contributed by atoms with Crippen molar-refractivity contribution in [2.24, 2.45) is 0 Å². The average molecular weight is 254 g/mol. The van der Waals surface area contributed by atoms with Crippen molar-refractivity contribution >= 4 is 5.69 Å². The van der Waals surface area contributed by atoms with Crippen LogP contribution >= 0.6 is 0 Å². The van der Waals surface area contributed by atoms with Gasteiger partial charge in [0.2, 0.25) is 0 Å². The predicted molar refractivity (Wildman–Crippen MR) is 69.9 cm³/mol. The third-order valence-electron chi connectivity index (χ3n) is 3.26. The lowest BCUT2D eigenvalue weighted by atomic mass is 10.0. The van der Waals surface area contributed by atoms with Gasteiger partial charge in [0.15, 0.2) is 11.6 Å². The zero-order chi connectivity index (χ0) is 13.1. The van der Waals surface area contributed by atoms with Gasteiger partial charge < -0.3 is 10.2 Å². The number of anilines is 1. The molecule has 1 unspecified atom stereocenters. The molecule has 1 heterocycles. The van der Waals surface area contributed by atoms with Crippen LogP contribution in [0.5, 0.6) is 0 Å². The van der Waals surface area contributed by atoms with Gasteiger partial charge in [0.05, 0.1) is 5.69 Å². The molecule has 2 rings (SSSR count). The van der Waals surface area contributed by atoms with E-state index in [4.69, 9.17) is 0 Å². The van der Waals surface area contributed by atoms with Crippen LogP contribution in [-0.2, 0) is 0 Å². The summed E-state index contributed by atoms with van der Waals surface area (Å²) in [6.45, 7) is 5.72. The summed E-state index contributed by atoms with van der Waals surface area (Å²) in [5.41, 5.74) is 0.380. The molecule has 0 radical (unpaired) electrons. The van der Waals surface area contributed by atoms with Gasteiger partial charge in [-0.3, -0.25) is 0 Å². The largest absolute Gasteiger partial charge is 0.368 e. The van der Waals surface area contributed by atoms with Crippen LogP contribution in [0.2, 0.25) is 0 Å². The van der Waals surface area contributed by atoms with E-state index in [9.17, 15) is 8.78 Å². The second-order valence-corrected chi connectivity index (χ2v) is 5.18. The van der Waals surface area contributed by atoms with Crippen LogP contribution in [0.15, 0.2) is 18.2 Å². The molecule has 0 amide bonds. The number of piperidine rings is 1. The lowest BCUT2D eigenvalue weighted by Crippen LogP contribution is -2.48. The van der Waals surface area contributed by atoms with Gasteiger partial charge in [0.1, 0.15) is 0 Å². The standard InChI is InChI=1S/C14H20F2N2/c1-10(2)17-11-5-4-8-18(9-11)13-7-3-6-12(15)14(13)16/h3,6-7,10-11,17H,4-5,8-9H2,1-2H3. The molecule has 0 aliphatic carbocycles. The summed E-state index contributed by atoms with van der Waals surface area (Å²) >= 11 is 0. The first-order valence-electron chi connectivity index (χ1n) is 6.53. The molecule has 1 aliphatic rings. The molecule has 1 aromatic carbocycles. The Morgan fingerprint density at radius 3 is 2.83 bits per heavy atom. The maximum atomic E-state index is 13.7. The lowest BCUT2D eigenvalue weighted by molar-refractivity contribution is 0.391. The fraction of sp³-hybridized carbons (Fsp3) is 0.571. The molecule has 18 heavy (non-hydrogen) atoms. The van der Waals surface area contributed by atoms with E-state index in [1.54, 1.807) is 12.1 Å². The van der Waals surface area contributed by atoms with Gasteiger partial charge in [-0.2, -0.15) is 0 Å². The Morgan fingerprint density at radius 1 is 1.33 bits per heavy atom. The highest BCUT2D eigenvalue weighted by Crippen LogP contribution is 2.24. The van der Waals surface area contributed by atoms with Gasteiger partial charge in [0.25, 0.3) is 0 Å². The molecule has 2 nitrogen and oxygen atoms in total. The number of hydrogen-bond donors (Lipinski definition) is 1. The highest BCUT2D eigenvalue weighted by Gasteiger charge is 2.23. The van der Waals surface area contributed by atoms with Crippen molar-refractivity contribution in [2.75, 3.05) is 18.0 Å². The van der Waals surface area contributed by atoms with Crippen molar-refractivity contribution in [2.45, 2.75) is 38.8 Å². The molecule has 0 saturated carbocycles. The first-order valence-corrected chi connectivity index (χ1v) is 6.53. The molecule has 4 heteroatoms. The zero-order valence-corrected chi connectivity index (χ0v) is 10.9. The normalized spacial score (nSPS) is 20.5. The Hall–Kier alpha value is -1.16. The number of rotatable bonds is 3. The lowest BCUT2D eigenvalue weighted by Gasteiger charge is -2.35. The molecule has 1 saturated heterocycles. The maximum absolute atomic E-state index is 13.7. The van der Waals surface area contributed by atoms with Crippen molar-refractivity contribution in [3.8, 4) is 0 Å². The van der Waals surface area contributed by atoms with Crippen LogP contribution in [0.1, 0.15) is 26.7 Å². The summed E-state index contributed by atoms with van der Waals surface area (Å²) in [4.78, 5) is 1.93. The SMILES string of the molecule is CC(C)NC1CCCN(c2cccc(F)c2F)C1. The van der Waals surface area contributed by atoms with E-state index in [1.807, 2.05) is 4.90 Å². The third kappa shape index (κ3) is 2.99. The minimum absolute atomic E-state index is 0.349. The van der Waals surface area contributed by atoms with Gasteiger partial charge in [-0.25, -0.2) is 8.78 Å². The Kier molecular flexibility index (Phi) is 4.17. The smallest absolute Gasteiger partial charge is 0.182 e. The Labute approximate surface area is 107 Å². The van der Waals surface area contributed by atoms with Gasteiger partial charge >= 0.3 is 0 Å². The quantitative estimate of drug-likeness (QED) is 0.892. The summed E-state index contributed by atoms with van der Waals surface area (Å²) in [7, 11) is 0. The maximum Gasteiger partial charge on any atom is 0.182 e. The van der Waals surface area contributed by atoms with Crippen LogP contribution in [0.25, 0.3) is 0 Å². The van der Waals surface area contributed by atoms with Crippen molar-refractivity contribution in [3.63, 3.8) is 0 Å². The summed E-state index contributed by atoms with van der Waals surface area (Å²) in [6, 6.07) is 5.13. The summed E-state index contributed by atoms with van der Waals surface area (Å²) in [5, 5.41) is 3.46. The molecule has 1 atom stereocenters.